The van der Waals surface area contributed by atoms with Gasteiger partial charge in [-0.3, -0.25) is 9.48 Å². The molecule has 0 aliphatic carbocycles. The highest BCUT2D eigenvalue weighted by Crippen LogP contribution is 2.29. The zero-order valence-electron chi connectivity index (χ0n) is 17.2. The largest absolute Gasteiger partial charge is 0.472 e. The van der Waals surface area contributed by atoms with Gasteiger partial charge in [-0.25, -0.2) is 13.5 Å². The molecule has 1 amide bonds. The summed E-state index contributed by atoms with van der Waals surface area (Å²) in [5.41, 5.74) is 0.767. The number of hydrogen-bond acceptors (Lipinski definition) is 4. The average molecular weight is 492 g/mol. The van der Waals surface area contributed by atoms with Crippen LogP contribution in [-0.2, 0) is 13.7 Å². The predicted molar refractivity (Wildman–Crippen MR) is 120 cm³/mol. The van der Waals surface area contributed by atoms with E-state index in [4.69, 9.17) is 27.9 Å². The normalized spacial score (nSPS) is 11.1. The van der Waals surface area contributed by atoms with Gasteiger partial charge in [0.2, 0.25) is 5.88 Å². The van der Waals surface area contributed by atoms with E-state index >= 15 is 0 Å². The van der Waals surface area contributed by atoms with E-state index in [1.54, 1.807) is 53.3 Å². The fraction of sp³-hybridized carbons (Fsp3) is 0.136. The first-order chi connectivity index (χ1) is 15.8. The monoisotopic (exact) mass is 491 g/mol. The van der Waals surface area contributed by atoms with Gasteiger partial charge in [0.1, 0.15) is 23.0 Å². The molecule has 7 nitrogen and oxygen atoms in total. The molecule has 0 aliphatic rings. The van der Waals surface area contributed by atoms with Gasteiger partial charge in [-0.05, 0) is 30.3 Å². The van der Waals surface area contributed by atoms with Crippen LogP contribution in [0.1, 0.15) is 28.0 Å². The average Bonchev–Trinajstić information content (AvgIpc) is 3.38. The lowest BCUT2D eigenvalue weighted by molar-refractivity contribution is 0.101. The van der Waals surface area contributed by atoms with Crippen molar-refractivity contribution in [2.24, 2.45) is 7.05 Å². The number of carbonyl (C=O) groups excluding carboxylic acids is 1. The number of rotatable bonds is 7. The van der Waals surface area contributed by atoms with Crippen LogP contribution in [0, 0.1) is 0 Å². The van der Waals surface area contributed by atoms with E-state index in [-0.39, 0.29) is 17.3 Å². The third kappa shape index (κ3) is 4.99. The summed E-state index contributed by atoms with van der Waals surface area (Å²) in [6.07, 6.45) is -1.21. The van der Waals surface area contributed by atoms with Gasteiger partial charge in [0, 0.05) is 35.6 Å². The summed E-state index contributed by atoms with van der Waals surface area (Å²) < 4.78 is 35.0. The summed E-state index contributed by atoms with van der Waals surface area (Å²) in [5, 5.41) is 11.1. The van der Waals surface area contributed by atoms with Crippen LogP contribution < -0.4 is 10.1 Å². The number of amides is 1. The molecule has 2 heterocycles. The lowest BCUT2D eigenvalue weighted by Crippen LogP contribution is -2.16. The molecule has 0 bridgehead atoms. The van der Waals surface area contributed by atoms with Crippen molar-refractivity contribution in [3.05, 3.63) is 87.8 Å². The number of aromatic nitrogens is 4. The fourth-order valence-corrected chi connectivity index (χ4v) is 3.46. The van der Waals surface area contributed by atoms with Gasteiger partial charge >= 0.3 is 0 Å². The number of nitrogens with zero attached hydrogens (tertiary/aromatic N) is 4. The van der Waals surface area contributed by atoms with Crippen molar-refractivity contribution in [2.75, 3.05) is 5.32 Å². The highest BCUT2D eigenvalue weighted by Gasteiger charge is 2.27. The molecule has 2 aromatic heterocycles. The maximum Gasteiger partial charge on any atom is 0.283 e. The standard InChI is InChI=1S/C22H17Cl2F2N5O2/c1-30-20(24)18(19(29-30)21(25)26)22(32)27-16-5-3-2-4-13(16)12-33-17-10-11-31(28-17)15-8-6-14(23)7-9-15/h2-11,21H,12H2,1H3,(H,27,32). The molecule has 0 saturated carbocycles. The van der Waals surface area contributed by atoms with Crippen molar-refractivity contribution in [3.63, 3.8) is 0 Å². The molecule has 0 unspecified atom stereocenters. The highest BCUT2D eigenvalue weighted by molar-refractivity contribution is 6.33. The van der Waals surface area contributed by atoms with Gasteiger partial charge in [-0.15, -0.1) is 5.10 Å². The molecular formula is C22H17Cl2F2N5O2. The van der Waals surface area contributed by atoms with Crippen LogP contribution in [0.2, 0.25) is 10.2 Å². The Balaban J connectivity index is 1.49. The Morgan fingerprint density at radius 1 is 1.09 bits per heavy atom. The Morgan fingerprint density at radius 3 is 2.55 bits per heavy atom. The third-order valence-electron chi connectivity index (χ3n) is 4.73. The number of para-hydroxylation sites is 1. The van der Waals surface area contributed by atoms with Gasteiger partial charge < -0.3 is 10.1 Å². The van der Waals surface area contributed by atoms with Crippen LogP contribution in [-0.4, -0.2) is 25.5 Å². The van der Waals surface area contributed by atoms with Crippen molar-refractivity contribution < 1.29 is 18.3 Å². The number of anilines is 1. The summed E-state index contributed by atoms with van der Waals surface area (Å²) in [6.45, 7) is 0.0799. The quantitative estimate of drug-likeness (QED) is 0.360. The van der Waals surface area contributed by atoms with Crippen LogP contribution in [0.3, 0.4) is 0 Å². The van der Waals surface area contributed by atoms with E-state index in [0.29, 0.717) is 22.2 Å². The Labute approximate surface area is 197 Å². The summed E-state index contributed by atoms with van der Waals surface area (Å²) in [4.78, 5) is 12.7. The van der Waals surface area contributed by atoms with Gasteiger partial charge in [0.15, 0.2) is 0 Å². The van der Waals surface area contributed by atoms with E-state index < -0.39 is 18.0 Å². The third-order valence-corrected chi connectivity index (χ3v) is 5.42. The zero-order valence-corrected chi connectivity index (χ0v) is 18.7. The lowest BCUT2D eigenvalue weighted by Gasteiger charge is -2.11. The second-order valence-corrected chi connectivity index (χ2v) is 7.74. The van der Waals surface area contributed by atoms with Crippen LogP contribution in [0.4, 0.5) is 14.5 Å². The van der Waals surface area contributed by atoms with Crippen molar-refractivity contribution in [1.82, 2.24) is 19.6 Å². The first kappa shape index (κ1) is 22.8. The molecule has 0 aliphatic heterocycles. The Morgan fingerprint density at radius 2 is 1.82 bits per heavy atom. The zero-order chi connectivity index (χ0) is 23.5. The number of halogens is 4. The van der Waals surface area contributed by atoms with E-state index in [1.165, 1.54) is 7.05 Å². The predicted octanol–water partition coefficient (Wildman–Crippen LogP) is 5.68. The summed E-state index contributed by atoms with van der Waals surface area (Å²) in [7, 11) is 1.38. The summed E-state index contributed by atoms with van der Waals surface area (Å²) in [6, 6.07) is 15.7. The fourth-order valence-electron chi connectivity index (χ4n) is 3.11. The molecule has 0 saturated heterocycles. The van der Waals surface area contributed by atoms with Gasteiger partial charge in [0.25, 0.3) is 12.3 Å². The van der Waals surface area contributed by atoms with Gasteiger partial charge in [-0.1, -0.05) is 41.4 Å². The molecule has 0 atom stereocenters. The second-order valence-electron chi connectivity index (χ2n) is 6.95. The molecule has 170 valence electrons. The van der Waals surface area contributed by atoms with E-state index in [9.17, 15) is 13.6 Å². The maximum absolute atomic E-state index is 13.3. The molecule has 0 radical (unpaired) electrons. The van der Waals surface area contributed by atoms with E-state index in [2.05, 4.69) is 15.5 Å². The molecule has 4 rings (SSSR count). The molecule has 0 fully saturated rings. The Kier molecular flexibility index (Phi) is 6.62. The van der Waals surface area contributed by atoms with Crippen LogP contribution in [0.5, 0.6) is 5.88 Å². The number of ether oxygens (including phenoxy) is 1. The molecule has 0 spiro atoms. The molecular weight excluding hydrogens is 475 g/mol. The number of alkyl halides is 2. The van der Waals surface area contributed by atoms with Crippen LogP contribution >= 0.6 is 23.2 Å². The maximum atomic E-state index is 13.3. The highest BCUT2D eigenvalue weighted by atomic mass is 35.5. The van der Waals surface area contributed by atoms with Crippen molar-refractivity contribution in [3.8, 4) is 11.6 Å². The first-order valence-electron chi connectivity index (χ1n) is 9.67. The molecule has 11 heteroatoms. The number of hydrogen-bond donors (Lipinski definition) is 1. The van der Waals surface area contributed by atoms with Crippen molar-refractivity contribution >= 4 is 34.8 Å². The first-order valence-corrected chi connectivity index (χ1v) is 10.4. The number of aryl methyl sites for hydroxylation is 1. The van der Waals surface area contributed by atoms with Crippen LogP contribution in [0.25, 0.3) is 5.69 Å². The smallest absolute Gasteiger partial charge is 0.283 e. The van der Waals surface area contributed by atoms with Crippen molar-refractivity contribution in [2.45, 2.75) is 13.0 Å². The van der Waals surface area contributed by atoms with Gasteiger partial charge in [0.05, 0.1) is 5.69 Å². The summed E-state index contributed by atoms with van der Waals surface area (Å²) >= 11 is 11.9. The molecule has 33 heavy (non-hydrogen) atoms. The second kappa shape index (κ2) is 9.60. The minimum Gasteiger partial charge on any atom is -0.472 e. The number of carbonyl (C=O) groups is 1. The minimum atomic E-state index is -2.95. The van der Waals surface area contributed by atoms with E-state index in [0.717, 1.165) is 10.4 Å². The minimum absolute atomic E-state index is 0.0799. The van der Waals surface area contributed by atoms with Crippen LogP contribution in [0.15, 0.2) is 60.8 Å². The number of nitrogens with one attached hydrogen (secondary N) is 1. The SMILES string of the molecule is Cn1nc(C(F)F)c(C(=O)Nc2ccccc2COc2ccn(-c3ccc(Cl)cc3)n2)c1Cl. The van der Waals surface area contributed by atoms with Gasteiger partial charge in [-0.2, -0.15) is 5.10 Å². The molecule has 1 N–H and O–H groups in total. The lowest BCUT2D eigenvalue weighted by atomic mass is 10.1. The number of benzene rings is 2. The topological polar surface area (TPSA) is 74.0 Å². The Bertz CT molecular complexity index is 1290. The Hall–Kier alpha value is -3.43. The summed E-state index contributed by atoms with van der Waals surface area (Å²) in [5.74, 6) is -0.427. The van der Waals surface area contributed by atoms with Crippen molar-refractivity contribution in [1.29, 1.82) is 0 Å². The molecule has 4 aromatic rings. The van der Waals surface area contributed by atoms with E-state index in [1.807, 2.05) is 12.1 Å². The molecule has 2 aromatic carbocycles.